The summed E-state index contributed by atoms with van der Waals surface area (Å²) in [7, 11) is 0. The fraction of sp³-hybridized carbons (Fsp3) is 0.833. The summed E-state index contributed by atoms with van der Waals surface area (Å²) in [4.78, 5) is 23.6. The number of rotatable bonds is 2. The van der Waals surface area contributed by atoms with Crippen LogP contribution in [0.1, 0.15) is 39.0 Å². The third kappa shape index (κ3) is 1.81. The number of carbonyl (C=O) groups is 2. The number of amides is 1. The molecule has 1 heterocycles. The van der Waals surface area contributed by atoms with Gasteiger partial charge in [0.1, 0.15) is 5.92 Å². The Morgan fingerprint density at radius 2 is 2.12 bits per heavy atom. The molecular formula is C12H19NO3. The van der Waals surface area contributed by atoms with Gasteiger partial charge in [-0.3, -0.25) is 9.59 Å². The van der Waals surface area contributed by atoms with Gasteiger partial charge in [-0.1, -0.05) is 19.3 Å². The monoisotopic (exact) mass is 225 g/mol. The van der Waals surface area contributed by atoms with Gasteiger partial charge in [0.25, 0.3) is 0 Å². The van der Waals surface area contributed by atoms with E-state index in [0.29, 0.717) is 13.2 Å². The fourth-order valence-electron chi connectivity index (χ4n) is 3.05. The molecular weight excluding hydrogens is 206 g/mol. The van der Waals surface area contributed by atoms with Gasteiger partial charge in [-0.2, -0.15) is 0 Å². The predicted molar refractivity (Wildman–Crippen MR) is 58.7 cm³/mol. The Morgan fingerprint density at radius 3 is 2.75 bits per heavy atom. The highest BCUT2D eigenvalue weighted by atomic mass is 16.5. The van der Waals surface area contributed by atoms with Crippen LogP contribution in [0.2, 0.25) is 0 Å². The van der Waals surface area contributed by atoms with Crippen LogP contribution < -0.4 is 5.32 Å². The van der Waals surface area contributed by atoms with Crippen LogP contribution in [0.3, 0.4) is 0 Å². The zero-order valence-corrected chi connectivity index (χ0v) is 9.75. The Bertz CT molecular complexity index is 295. The summed E-state index contributed by atoms with van der Waals surface area (Å²) in [5.74, 6) is -1.03. The molecule has 1 aliphatic carbocycles. The molecule has 1 atom stereocenters. The highest BCUT2D eigenvalue weighted by Crippen LogP contribution is 2.45. The molecule has 1 saturated heterocycles. The van der Waals surface area contributed by atoms with Crippen molar-refractivity contribution in [2.24, 2.45) is 11.3 Å². The van der Waals surface area contributed by atoms with Crippen molar-refractivity contribution in [2.45, 2.75) is 39.0 Å². The molecule has 1 saturated carbocycles. The quantitative estimate of drug-likeness (QED) is 0.568. The van der Waals surface area contributed by atoms with E-state index in [1.807, 2.05) is 0 Å². The van der Waals surface area contributed by atoms with Crippen LogP contribution in [0.15, 0.2) is 0 Å². The third-order valence-electron chi connectivity index (χ3n) is 3.86. The predicted octanol–water partition coefficient (Wildman–Crippen LogP) is 1.25. The summed E-state index contributed by atoms with van der Waals surface area (Å²) in [6.45, 7) is 2.77. The summed E-state index contributed by atoms with van der Waals surface area (Å²) in [5, 5.41) is 2.83. The lowest BCUT2D eigenvalue weighted by Crippen LogP contribution is -2.39. The maximum absolute atomic E-state index is 11.8. The molecule has 90 valence electrons. The zero-order valence-electron chi connectivity index (χ0n) is 9.75. The van der Waals surface area contributed by atoms with E-state index in [-0.39, 0.29) is 17.3 Å². The molecule has 2 rings (SSSR count). The molecule has 0 aromatic carbocycles. The number of hydrogen-bond acceptors (Lipinski definition) is 3. The molecule has 0 aromatic rings. The van der Waals surface area contributed by atoms with Crippen molar-refractivity contribution in [3.63, 3.8) is 0 Å². The molecule has 0 bridgehead atoms. The largest absolute Gasteiger partial charge is 0.465 e. The van der Waals surface area contributed by atoms with Gasteiger partial charge in [0, 0.05) is 12.0 Å². The Labute approximate surface area is 95.7 Å². The van der Waals surface area contributed by atoms with Crippen molar-refractivity contribution in [3.05, 3.63) is 0 Å². The molecule has 2 fully saturated rings. The lowest BCUT2D eigenvalue weighted by molar-refractivity contribution is -0.155. The number of carbonyl (C=O) groups excluding carboxylic acids is 2. The van der Waals surface area contributed by atoms with E-state index < -0.39 is 5.92 Å². The Morgan fingerprint density at radius 1 is 1.44 bits per heavy atom. The van der Waals surface area contributed by atoms with Crippen molar-refractivity contribution in [2.75, 3.05) is 13.2 Å². The summed E-state index contributed by atoms with van der Waals surface area (Å²) in [6, 6.07) is 0. The van der Waals surface area contributed by atoms with Gasteiger partial charge in [-0.05, 0) is 19.8 Å². The smallest absolute Gasteiger partial charge is 0.319 e. The van der Waals surface area contributed by atoms with Gasteiger partial charge in [-0.15, -0.1) is 0 Å². The van der Waals surface area contributed by atoms with Gasteiger partial charge in [-0.25, -0.2) is 0 Å². The third-order valence-corrected chi connectivity index (χ3v) is 3.86. The van der Waals surface area contributed by atoms with Crippen molar-refractivity contribution in [3.8, 4) is 0 Å². The Balaban J connectivity index is 2.17. The lowest BCUT2D eigenvalue weighted by atomic mass is 9.67. The molecule has 0 aromatic heterocycles. The van der Waals surface area contributed by atoms with Crippen LogP contribution in [-0.4, -0.2) is 25.0 Å². The van der Waals surface area contributed by atoms with Crippen LogP contribution >= 0.6 is 0 Å². The molecule has 4 nitrogen and oxygen atoms in total. The highest BCUT2D eigenvalue weighted by Gasteiger charge is 2.53. The van der Waals surface area contributed by atoms with E-state index in [2.05, 4.69) is 5.32 Å². The number of hydrogen-bond donors (Lipinski definition) is 1. The standard InChI is InChI=1S/C12H19NO3/c1-2-16-11(15)9-10(14)13-8-12(9)6-4-3-5-7-12/h9H,2-8H2,1H3,(H,13,14). The second-order valence-corrected chi connectivity index (χ2v) is 4.83. The minimum Gasteiger partial charge on any atom is -0.465 e. The maximum Gasteiger partial charge on any atom is 0.319 e. The first-order valence-electron chi connectivity index (χ1n) is 6.14. The van der Waals surface area contributed by atoms with E-state index in [9.17, 15) is 9.59 Å². The molecule has 4 heteroatoms. The minimum atomic E-state index is -0.562. The van der Waals surface area contributed by atoms with Gasteiger partial charge in [0.15, 0.2) is 0 Å². The maximum atomic E-state index is 11.8. The molecule has 0 radical (unpaired) electrons. The van der Waals surface area contributed by atoms with E-state index in [4.69, 9.17) is 4.74 Å². The molecule has 1 unspecified atom stereocenters. The molecule has 1 N–H and O–H groups in total. The second-order valence-electron chi connectivity index (χ2n) is 4.83. The number of nitrogens with one attached hydrogen (secondary N) is 1. The highest BCUT2D eigenvalue weighted by molar-refractivity contribution is 6.00. The first-order chi connectivity index (χ1) is 7.69. The normalized spacial score (nSPS) is 27.8. The van der Waals surface area contributed by atoms with E-state index in [0.717, 1.165) is 25.7 Å². The van der Waals surface area contributed by atoms with Gasteiger partial charge < -0.3 is 10.1 Å². The van der Waals surface area contributed by atoms with Crippen LogP contribution in [0.5, 0.6) is 0 Å². The van der Waals surface area contributed by atoms with Gasteiger partial charge >= 0.3 is 5.97 Å². The number of esters is 1. The van der Waals surface area contributed by atoms with Crippen LogP contribution in [0, 0.1) is 11.3 Å². The molecule has 1 amide bonds. The van der Waals surface area contributed by atoms with Gasteiger partial charge in [0.05, 0.1) is 6.61 Å². The molecule has 1 aliphatic heterocycles. The molecule has 16 heavy (non-hydrogen) atoms. The zero-order chi connectivity index (χ0) is 11.6. The topological polar surface area (TPSA) is 55.4 Å². The molecule has 1 spiro atoms. The van der Waals surface area contributed by atoms with E-state index >= 15 is 0 Å². The molecule has 2 aliphatic rings. The van der Waals surface area contributed by atoms with Crippen molar-refractivity contribution in [1.82, 2.24) is 5.32 Å². The summed E-state index contributed by atoms with van der Waals surface area (Å²) in [5.41, 5.74) is -0.151. The summed E-state index contributed by atoms with van der Waals surface area (Å²) >= 11 is 0. The average Bonchev–Trinajstić information content (AvgIpc) is 2.57. The van der Waals surface area contributed by atoms with Crippen molar-refractivity contribution < 1.29 is 14.3 Å². The minimum absolute atomic E-state index is 0.139. The first kappa shape index (κ1) is 11.4. The van der Waals surface area contributed by atoms with Crippen molar-refractivity contribution in [1.29, 1.82) is 0 Å². The first-order valence-corrected chi connectivity index (χ1v) is 6.14. The summed E-state index contributed by atoms with van der Waals surface area (Å²) < 4.78 is 5.02. The lowest BCUT2D eigenvalue weighted by Gasteiger charge is -2.35. The average molecular weight is 225 g/mol. The van der Waals surface area contributed by atoms with Crippen LogP contribution in [0.25, 0.3) is 0 Å². The van der Waals surface area contributed by atoms with E-state index in [1.165, 1.54) is 6.42 Å². The SMILES string of the molecule is CCOC(=O)C1C(=O)NCC12CCCCC2. The van der Waals surface area contributed by atoms with Gasteiger partial charge in [0.2, 0.25) is 5.91 Å². The Kier molecular flexibility index (Phi) is 3.17. The fourth-order valence-corrected chi connectivity index (χ4v) is 3.05. The summed E-state index contributed by atoms with van der Waals surface area (Å²) in [6.07, 6.45) is 5.38. The van der Waals surface area contributed by atoms with Crippen LogP contribution in [0.4, 0.5) is 0 Å². The Hall–Kier alpha value is -1.06. The van der Waals surface area contributed by atoms with E-state index in [1.54, 1.807) is 6.92 Å². The van der Waals surface area contributed by atoms with Crippen LogP contribution in [-0.2, 0) is 14.3 Å². The van der Waals surface area contributed by atoms with Crippen molar-refractivity contribution >= 4 is 11.9 Å². The second kappa shape index (κ2) is 4.44. The number of ether oxygens (including phenoxy) is 1.